The molecule has 160 valence electrons. The Balaban J connectivity index is 1.58. The Morgan fingerprint density at radius 2 is 1.88 bits per heavy atom. The van der Waals surface area contributed by atoms with Crippen LogP contribution in [0.5, 0.6) is 5.75 Å². The summed E-state index contributed by atoms with van der Waals surface area (Å²) in [6.45, 7) is 3.61. The van der Waals surface area contributed by atoms with Crippen LogP contribution in [0.15, 0.2) is 79.6 Å². The number of benzene rings is 2. The second-order valence-electron chi connectivity index (χ2n) is 7.33. The molecule has 0 bridgehead atoms. The van der Waals surface area contributed by atoms with Gasteiger partial charge in [-0.15, -0.1) is 10.2 Å². The summed E-state index contributed by atoms with van der Waals surface area (Å²) in [5.74, 6) is 2.01. The third-order valence-electron chi connectivity index (χ3n) is 5.32. The average Bonchev–Trinajstić information content (AvgIpc) is 3.41. The molecular weight excluding hydrogens is 426 g/mol. The number of nitrogens with zero attached hydrogens (tertiary/aromatic N) is 3. The number of aromatic nitrogens is 3. The number of para-hydroxylation sites is 1. The molecule has 0 aliphatic carbocycles. The molecule has 5 aromatic rings. The molecule has 0 aliphatic rings. The van der Waals surface area contributed by atoms with Gasteiger partial charge in [-0.2, -0.15) is 0 Å². The van der Waals surface area contributed by atoms with E-state index in [1.165, 1.54) is 17.8 Å². The van der Waals surface area contributed by atoms with E-state index in [2.05, 4.69) is 10.2 Å². The van der Waals surface area contributed by atoms with Crippen molar-refractivity contribution in [2.24, 2.45) is 0 Å². The minimum Gasteiger partial charge on any atom is -0.508 e. The lowest BCUT2D eigenvalue weighted by Crippen LogP contribution is -2.02. The van der Waals surface area contributed by atoms with Crippen LogP contribution in [-0.4, -0.2) is 19.9 Å². The highest BCUT2D eigenvalue weighted by atomic mass is 32.2. The van der Waals surface area contributed by atoms with E-state index in [-0.39, 0.29) is 5.75 Å². The van der Waals surface area contributed by atoms with E-state index in [0.29, 0.717) is 27.9 Å². The second kappa shape index (κ2) is 8.05. The van der Waals surface area contributed by atoms with Crippen LogP contribution in [0.3, 0.4) is 0 Å². The molecule has 0 fully saturated rings. The maximum atomic E-state index is 12.2. The molecule has 0 spiro atoms. The van der Waals surface area contributed by atoms with E-state index in [4.69, 9.17) is 8.83 Å². The number of hydrogen-bond donors (Lipinski definition) is 1. The summed E-state index contributed by atoms with van der Waals surface area (Å²) in [6, 6.07) is 16.6. The molecule has 0 radical (unpaired) electrons. The summed E-state index contributed by atoms with van der Waals surface area (Å²) < 4.78 is 12.8. The van der Waals surface area contributed by atoms with Crippen molar-refractivity contribution in [3.63, 3.8) is 0 Å². The molecule has 2 aromatic carbocycles. The molecule has 32 heavy (non-hydrogen) atoms. The van der Waals surface area contributed by atoms with Crippen molar-refractivity contribution < 1.29 is 13.9 Å². The Bertz CT molecular complexity index is 1480. The zero-order chi connectivity index (χ0) is 22.2. The van der Waals surface area contributed by atoms with Gasteiger partial charge in [0.25, 0.3) is 0 Å². The zero-order valence-electron chi connectivity index (χ0n) is 17.4. The van der Waals surface area contributed by atoms with Crippen LogP contribution in [0.4, 0.5) is 0 Å². The summed E-state index contributed by atoms with van der Waals surface area (Å²) >= 11 is 1.47. The third kappa shape index (κ3) is 3.48. The normalized spacial score (nSPS) is 11.3. The van der Waals surface area contributed by atoms with Gasteiger partial charge in [0.15, 0.2) is 11.0 Å². The second-order valence-corrected chi connectivity index (χ2v) is 8.28. The monoisotopic (exact) mass is 445 g/mol. The zero-order valence-corrected chi connectivity index (χ0v) is 18.2. The fourth-order valence-electron chi connectivity index (χ4n) is 3.64. The average molecular weight is 446 g/mol. The quantitative estimate of drug-likeness (QED) is 0.292. The highest BCUT2D eigenvalue weighted by Gasteiger charge is 2.20. The number of phenols is 1. The van der Waals surface area contributed by atoms with E-state index < -0.39 is 5.63 Å². The van der Waals surface area contributed by atoms with Gasteiger partial charge < -0.3 is 13.9 Å². The SMILES string of the molecule is Cc1occc1-c1nnc(SCc2cc(=O)oc3c(C)c(O)ccc23)n1-c1ccccc1. The molecule has 0 saturated heterocycles. The number of phenolic OH excluding ortho intramolecular Hbond substituents is 1. The predicted molar refractivity (Wildman–Crippen MR) is 122 cm³/mol. The summed E-state index contributed by atoms with van der Waals surface area (Å²) in [5, 5.41) is 20.3. The van der Waals surface area contributed by atoms with Crippen LogP contribution in [0.25, 0.3) is 28.0 Å². The number of aryl methyl sites for hydroxylation is 2. The first-order valence-electron chi connectivity index (χ1n) is 9.96. The van der Waals surface area contributed by atoms with Gasteiger partial charge in [-0.25, -0.2) is 4.79 Å². The van der Waals surface area contributed by atoms with Gasteiger partial charge in [-0.05, 0) is 49.7 Å². The molecule has 0 unspecified atom stereocenters. The first-order valence-corrected chi connectivity index (χ1v) is 10.9. The number of fused-ring (bicyclic) bond motifs is 1. The van der Waals surface area contributed by atoms with Gasteiger partial charge in [-0.3, -0.25) is 4.57 Å². The fourth-order valence-corrected chi connectivity index (χ4v) is 4.59. The lowest BCUT2D eigenvalue weighted by molar-refractivity contribution is 0.468. The van der Waals surface area contributed by atoms with Crippen LogP contribution >= 0.6 is 11.8 Å². The molecule has 0 atom stereocenters. The van der Waals surface area contributed by atoms with E-state index in [1.807, 2.05) is 47.9 Å². The van der Waals surface area contributed by atoms with E-state index in [1.54, 1.807) is 25.3 Å². The molecule has 0 saturated carbocycles. The van der Waals surface area contributed by atoms with Crippen molar-refractivity contribution in [2.45, 2.75) is 24.8 Å². The Morgan fingerprint density at radius 1 is 1.06 bits per heavy atom. The van der Waals surface area contributed by atoms with Crippen LogP contribution in [0.1, 0.15) is 16.9 Å². The Labute approximate surface area is 187 Å². The summed E-state index contributed by atoms with van der Waals surface area (Å²) in [7, 11) is 0. The van der Waals surface area contributed by atoms with Crippen molar-refractivity contribution in [2.75, 3.05) is 0 Å². The molecule has 3 aromatic heterocycles. The van der Waals surface area contributed by atoms with Gasteiger partial charge in [0.05, 0.1) is 11.8 Å². The molecule has 5 rings (SSSR count). The maximum Gasteiger partial charge on any atom is 0.336 e. The molecule has 3 heterocycles. The van der Waals surface area contributed by atoms with Crippen molar-refractivity contribution in [3.05, 3.63) is 88.2 Å². The highest BCUT2D eigenvalue weighted by Crippen LogP contribution is 2.34. The Kier molecular flexibility index (Phi) is 5.07. The van der Waals surface area contributed by atoms with E-state index in [9.17, 15) is 9.90 Å². The van der Waals surface area contributed by atoms with E-state index in [0.717, 1.165) is 28.0 Å². The number of aromatic hydroxyl groups is 1. The van der Waals surface area contributed by atoms with Crippen LogP contribution in [0.2, 0.25) is 0 Å². The number of rotatable bonds is 5. The van der Waals surface area contributed by atoms with Gasteiger partial charge in [0.2, 0.25) is 0 Å². The smallest absolute Gasteiger partial charge is 0.336 e. The highest BCUT2D eigenvalue weighted by molar-refractivity contribution is 7.98. The molecule has 0 aliphatic heterocycles. The molecule has 1 N–H and O–H groups in total. The molecule has 7 nitrogen and oxygen atoms in total. The molecular formula is C24H19N3O4S. The first-order chi connectivity index (χ1) is 15.5. The van der Waals surface area contributed by atoms with Crippen LogP contribution in [-0.2, 0) is 5.75 Å². The lowest BCUT2D eigenvalue weighted by Gasteiger charge is -2.11. The van der Waals surface area contributed by atoms with Crippen molar-refractivity contribution in [3.8, 4) is 22.8 Å². The minimum absolute atomic E-state index is 0.0920. The van der Waals surface area contributed by atoms with Gasteiger partial charge in [0.1, 0.15) is 17.1 Å². The van der Waals surface area contributed by atoms with Gasteiger partial charge >= 0.3 is 5.63 Å². The van der Waals surface area contributed by atoms with Crippen molar-refractivity contribution >= 4 is 22.7 Å². The minimum atomic E-state index is -0.457. The summed E-state index contributed by atoms with van der Waals surface area (Å²) in [5.41, 5.74) is 3.07. The number of hydrogen-bond acceptors (Lipinski definition) is 7. The summed E-state index contributed by atoms with van der Waals surface area (Å²) in [6.07, 6.45) is 1.63. The Morgan fingerprint density at radius 3 is 2.62 bits per heavy atom. The summed E-state index contributed by atoms with van der Waals surface area (Å²) in [4.78, 5) is 12.2. The number of thioether (sulfide) groups is 1. The first kappa shape index (κ1) is 20.1. The van der Waals surface area contributed by atoms with Gasteiger partial charge in [-0.1, -0.05) is 30.0 Å². The lowest BCUT2D eigenvalue weighted by atomic mass is 10.1. The maximum absolute atomic E-state index is 12.2. The molecule has 0 amide bonds. The number of furan rings is 1. The largest absolute Gasteiger partial charge is 0.508 e. The molecule has 8 heteroatoms. The van der Waals surface area contributed by atoms with E-state index >= 15 is 0 Å². The Hall–Kier alpha value is -3.78. The van der Waals surface area contributed by atoms with Crippen molar-refractivity contribution in [1.82, 2.24) is 14.8 Å². The third-order valence-corrected chi connectivity index (χ3v) is 6.30. The van der Waals surface area contributed by atoms with Gasteiger partial charge in [0, 0.05) is 28.5 Å². The fraction of sp³-hybridized carbons (Fsp3) is 0.125. The van der Waals surface area contributed by atoms with Crippen LogP contribution < -0.4 is 5.63 Å². The standard InChI is InChI=1S/C24H19N3O4S/c1-14-20(28)9-8-19-16(12-21(29)31-22(14)19)13-32-24-26-25-23(18-10-11-30-15(18)2)27(24)17-6-4-3-5-7-17/h3-12,28H,13H2,1-2H3. The van der Waals surface area contributed by atoms with Crippen LogP contribution in [0, 0.1) is 13.8 Å². The predicted octanol–water partition coefficient (Wildman–Crippen LogP) is 5.25. The van der Waals surface area contributed by atoms with Crippen molar-refractivity contribution in [1.29, 1.82) is 0 Å². The topological polar surface area (TPSA) is 94.3 Å².